The molecule has 1 fully saturated rings. The summed E-state index contributed by atoms with van der Waals surface area (Å²) in [6.45, 7) is 1.19. The van der Waals surface area contributed by atoms with Crippen molar-refractivity contribution in [2.45, 2.75) is 32.0 Å². The van der Waals surface area contributed by atoms with Gasteiger partial charge in [0.2, 0.25) is 17.4 Å². The van der Waals surface area contributed by atoms with E-state index in [4.69, 9.17) is 10.2 Å². The van der Waals surface area contributed by atoms with Crippen LogP contribution in [-0.2, 0) is 22.7 Å². The molecule has 2 amide bonds. The predicted molar refractivity (Wildman–Crippen MR) is 123 cm³/mol. The average molecular weight is 445 g/mol. The number of anilines is 1. The number of likely N-dealkylation sites (tertiary alicyclic amines) is 1. The first-order chi connectivity index (χ1) is 16.0. The summed E-state index contributed by atoms with van der Waals surface area (Å²) in [4.78, 5) is 43.5. The molecule has 33 heavy (non-hydrogen) atoms. The van der Waals surface area contributed by atoms with Gasteiger partial charge in [-0.1, -0.05) is 24.3 Å². The molecule has 4 aromatic rings. The number of aromatic nitrogens is 2. The number of amides is 2. The Morgan fingerprint density at radius 3 is 2.88 bits per heavy atom. The topological polar surface area (TPSA) is 123 Å². The van der Waals surface area contributed by atoms with Crippen molar-refractivity contribution in [3.63, 3.8) is 0 Å². The number of carbonyl (C=O) groups excluding carboxylic acids is 2. The molecule has 9 nitrogen and oxygen atoms in total. The summed E-state index contributed by atoms with van der Waals surface area (Å²) < 4.78 is 6.89. The van der Waals surface area contributed by atoms with E-state index in [9.17, 15) is 14.4 Å². The number of nitrogens with one attached hydrogen (secondary N) is 1. The predicted octanol–water partition coefficient (Wildman–Crippen LogP) is 2.23. The van der Waals surface area contributed by atoms with Crippen molar-refractivity contribution in [1.82, 2.24) is 14.5 Å². The highest BCUT2D eigenvalue weighted by Crippen LogP contribution is 2.24. The van der Waals surface area contributed by atoms with Crippen molar-refractivity contribution in [2.75, 3.05) is 11.9 Å². The molecule has 0 bridgehead atoms. The molecule has 1 saturated heterocycles. The Bertz CT molecular complexity index is 1420. The first-order valence-electron chi connectivity index (χ1n) is 10.8. The summed E-state index contributed by atoms with van der Waals surface area (Å²) in [6.07, 6.45) is 3.06. The number of fused-ring (bicyclic) bond motifs is 3. The molecule has 1 atom stereocenters. The van der Waals surface area contributed by atoms with E-state index in [-0.39, 0.29) is 30.0 Å². The fourth-order valence-corrected chi connectivity index (χ4v) is 4.40. The van der Waals surface area contributed by atoms with Crippen LogP contribution in [0, 0.1) is 0 Å². The maximum Gasteiger partial charge on any atom is 0.297 e. The third-order valence-corrected chi connectivity index (χ3v) is 5.95. The van der Waals surface area contributed by atoms with Gasteiger partial charge in [0.25, 0.3) is 5.56 Å². The van der Waals surface area contributed by atoms with Gasteiger partial charge < -0.3 is 15.5 Å². The lowest BCUT2D eigenvalue weighted by molar-refractivity contribution is -0.122. The van der Waals surface area contributed by atoms with Gasteiger partial charge in [-0.05, 0) is 49.2 Å². The maximum absolute atomic E-state index is 12.8. The first kappa shape index (κ1) is 20.9. The second-order valence-electron chi connectivity index (χ2n) is 8.23. The molecular weight excluding hydrogens is 422 g/mol. The standard InChI is InChI=1S/C24H23N5O4/c25-23(31)18-8-4-10-28(18)12-15-5-3-6-16(11-15)27-20(30)13-29-14-26-21-17-7-1-2-9-19(17)33-22(21)24(29)32/h1-3,5-7,9,11,14,18H,4,8,10,12-13H2,(H2,25,31)(H,27,30). The third-order valence-electron chi connectivity index (χ3n) is 5.95. The summed E-state index contributed by atoms with van der Waals surface area (Å²) in [7, 11) is 0. The number of primary amides is 1. The second kappa shape index (κ2) is 8.51. The summed E-state index contributed by atoms with van der Waals surface area (Å²) in [5.74, 6) is -0.667. The van der Waals surface area contributed by atoms with Crippen molar-refractivity contribution in [2.24, 2.45) is 5.73 Å². The van der Waals surface area contributed by atoms with Crippen LogP contribution in [0.2, 0.25) is 0 Å². The number of nitrogens with zero attached hydrogens (tertiary/aromatic N) is 3. The van der Waals surface area contributed by atoms with E-state index in [0.717, 1.165) is 30.3 Å². The average Bonchev–Trinajstić information content (AvgIpc) is 3.41. The highest BCUT2D eigenvalue weighted by molar-refractivity contribution is 6.01. The summed E-state index contributed by atoms with van der Waals surface area (Å²) in [5.41, 5.74) is 7.85. The molecule has 0 aliphatic carbocycles. The fraction of sp³-hybridized carbons (Fsp3) is 0.250. The van der Waals surface area contributed by atoms with Gasteiger partial charge in [-0.25, -0.2) is 4.98 Å². The molecule has 1 unspecified atom stereocenters. The number of hydrogen-bond donors (Lipinski definition) is 2. The molecule has 3 heterocycles. The highest BCUT2D eigenvalue weighted by atomic mass is 16.3. The minimum atomic E-state index is -0.411. The van der Waals surface area contributed by atoms with Crippen molar-refractivity contribution >= 4 is 39.6 Å². The highest BCUT2D eigenvalue weighted by Gasteiger charge is 2.28. The molecule has 0 saturated carbocycles. The van der Waals surface area contributed by atoms with Crippen LogP contribution in [0.4, 0.5) is 5.69 Å². The molecule has 3 N–H and O–H groups in total. The number of para-hydroxylation sites is 1. The normalized spacial score (nSPS) is 16.4. The number of furan rings is 1. The molecule has 5 rings (SSSR count). The maximum atomic E-state index is 12.8. The van der Waals surface area contributed by atoms with Crippen LogP contribution in [-0.4, -0.2) is 38.9 Å². The zero-order valence-corrected chi connectivity index (χ0v) is 17.9. The number of hydrogen-bond acceptors (Lipinski definition) is 6. The van der Waals surface area contributed by atoms with Gasteiger partial charge in [0.15, 0.2) is 0 Å². The SMILES string of the molecule is NC(=O)C1CCCN1Cc1cccc(NC(=O)Cn2cnc3c(oc4ccccc43)c2=O)c1. The second-order valence-corrected chi connectivity index (χ2v) is 8.23. The minimum absolute atomic E-state index is 0.128. The zero-order valence-electron chi connectivity index (χ0n) is 17.9. The number of nitrogens with two attached hydrogens (primary N) is 1. The van der Waals surface area contributed by atoms with Gasteiger partial charge in [0, 0.05) is 17.6 Å². The van der Waals surface area contributed by atoms with E-state index in [1.807, 2.05) is 36.4 Å². The Hall–Kier alpha value is -3.98. The van der Waals surface area contributed by atoms with Gasteiger partial charge in [0.1, 0.15) is 17.6 Å². The quantitative estimate of drug-likeness (QED) is 0.469. The van der Waals surface area contributed by atoms with Crippen LogP contribution in [0.1, 0.15) is 18.4 Å². The largest absolute Gasteiger partial charge is 0.448 e. The first-order valence-corrected chi connectivity index (χ1v) is 10.8. The molecular formula is C24H23N5O4. The van der Waals surface area contributed by atoms with Crippen LogP contribution >= 0.6 is 0 Å². The molecule has 2 aromatic carbocycles. The Morgan fingerprint density at radius 2 is 2.03 bits per heavy atom. The van der Waals surface area contributed by atoms with Crippen LogP contribution in [0.3, 0.4) is 0 Å². The molecule has 1 aliphatic rings. The summed E-state index contributed by atoms with van der Waals surface area (Å²) in [6, 6.07) is 14.4. The monoisotopic (exact) mass is 445 g/mol. The van der Waals surface area contributed by atoms with E-state index < -0.39 is 5.56 Å². The van der Waals surface area contributed by atoms with E-state index in [2.05, 4.69) is 15.2 Å². The van der Waals surface area contributed by atoms with E-state index in [1.54, 1.807) is 12.1 Å². The summed E-state index contributed by atoms with van der Waals surface area (Å²) in [5, 5.41) is 3.58. The van der Waals surface area contributed by atoms with Gasteiger partial charge in [-0.15, -0.1) is 0 Å². The molecule has 2 aromatic heterocycles. The van der Waals surface area contributed by atoms with Crippen LogP contribution in [0.5, 0.6) is 0 Å². The van der Waals surface area contributed by atoms with Gasteiger partial charge in [-0.3, -0.25) is 23.9 Å². The smallest absolute Gasteiger partial charge is 0.297 e. The summed E-state index contributed by atoms with van der Waals surface area (Å²) >= 11 is 0. The van der Waals surface area contributed by atoms with E-state index in [0.29, 0.717) is 23.3 Å². The number of carbonyl (C=O) groups is 2. The van der Waals surface area contributed by atoms with Crippen molar-refractivity contribution < 1.29 is 14.0 Å². The Labute approximate surface area is 188 Å². The molecule has 9 heteroatoms. The molecule has 0 radical (unpaired) electrons. The Kier molecular flexibility index (Phi) is 5.39. The lowest BCUT2D eigenvalue weighted by Crippen LogP contribution is -2.39. The lowest BCUT2D eigenvalue weighted by Gasteiger charge is -2.22. The lowest BCUT2D eigenvalue weighted by atomic mass is 10.1. The molecule has 0 spiro atoms. The van der Waals surface area contributed by atoms with E-state index >= 15 is 0 Å². The van der Waals surface area contributed by atoms with Crippen LogP contribution in [0.25, 0.3) is 22.1 Å². The third kappa shape index (κ3) is 4.10. The van der Waals surface area contributed by atoms with Gasteiger partial charge in [0.05, 0.1) is 12.4 Å². The Balaban J connectivity index is 1.30. The minimum Gasteiger partial charge on any atom is -0.448 e. The van der Waals surface area contributed by atoms with Crippen molar-refractivity contribution in [3.05, 3.63) is 70.8 Å². The number of benzene rings is 2. The van der Waals surface area contributed by atoms with Crippen molar-refractivity contribution in [3.8, 4) is 0 Å². The Morgan fingerprint density at radius 1 is 1.18 bits per heavy atom. The molecule has 168 valence electrons. The molecule has 1 aliphatic heterocycles. The van der Waals surface area contributed by atoms with Gasteiger partial charge >= 0.3 is 0 Å². The fourth-order valence-electron chi connectivity index (χ4n) is 4.40. The van der Waals surface area contributed by atoms with Gasteiger partial charge in [-0.2, -0.15) is 0 Å². The van der Waals surface area contributed by atoms with Crippen LogP contribution in [0.15, 0.2) is 64.1 Å². The van der Waals surface area contributed by atoms with Crippen molar-refractivity contribution in [1.29, 1.82) is 0 Å². The zero-order chi connectivity index (χ0) is 22.9. The van der Waals surface area contributed by atoms with Crippen LogP contribution < -0.4 is 16.6 Å². The van der Waals surface area contributed by atoms with E-state index in [1.165, 1.54) is 10.9 Å². The number of rotatable bonds is 6.